The SMILES string of the molecule is CNc1cccc(Nc2ccc(Cl)cc2F)c1[N+](=O)[O-]. The number of nitro groups is 1. The Labute approximate surface area is 119 Å². The highest BCUT2D eigenvalue weighted by Gasteiger charge is 2.19. The molecule has 0 aliphatic carbocycles. The summed E-state index contributed by atoms with van der Waals surface area (Å²) in [5.41, 5.74) is 0.507. The fraction of sp³-hybridized carbons (Fsp3) is 0.0769. The zero-order valence-corrected chi connectivity index (χ0v) is 11.2. The largest absolute Gasteiger partial charge is 0.382 e. The van der Waals surface area contributed by atoms with Crippen LogP contribution in [0.4, 0.5) is 27.1 Å². The molecule has 0 amide bonds. The molecule has 0 bridgehead atoms. The molecule has 2 rings (SSSR count). The first-order valence-corrected chi connectivity index (χ1v) is 6.08. The topological polar surface area (TPSA) is 67.2 Å². The lowest BCUT2D eigenvalue weighted by molar-refractivity contribution is -0.383. The van der Waals surface area contributed by atoms with Crippen molar-refractivity contribution in [3.8, 4) is 0 Å². The Balaban J connectivity index is 2.45. The second-order valence-corrected chi connectivity index (χ2v) is 4.39. The van der Waals surface area contributed by atoms with Crippen LogP contribution in [0.1, 0.15) is 0 Å². The van der Waals surface area contributed by atoms with Gasteiger partial charge < -0.3 is 10.6 Å². The van der Waals surface area contributed by atoms with E-state index < -0.39 is 10.7 Å². The lowest BCUT2D eigenvalue weighted by Crippen LogP contribution is -2.02. The van der Waals surface area contributed by atoms with E-state index >= 15 is 0 Å². The molecule has 0 aliphatic heterocycles. The molecular weight excluding hydrogens is 285 g/mol. The van der Waals surface area contributed by atoms with Crippen LogP contribution in [-0.4, -0.2) is 12.0 Å². The van der Waals surface area contributed by atoms with Crippen molar-refractivity contribution in [2.45, 2.75) is 0 Å². The van der Waals surface area contributed by atoms with Gasteiger partial charge in [-0.3, -0.25) is 10.1 Å². The number of anilines is 3. The Morgan fingerprint density at radius 1 is 1.20 bits per heavy atom. The highest BCUT2D eigenvalue weighted by molar-refractivity contribution is 6.30. The molecule has 0 unspecified atom stereocenters. The van der Waals surface area contributed by atoms with E-state index in [0.717, 1.165) is 6.07 Å². The quantitative estimate of drug-likeness (QED) is 0.656. The van der Waals surface area contributed by atoms with Gasteiger partial charge in [-0.05, 0) is 30.3 Å². The minimum atomic E-state index is -0.582. The number of hydrogen-bond donors (Lipinski definition) is 2. The van der Waals surface area contributed by atoms with Crippen molar-refractivity contribution in [2.75, 3.05) is 17.7 Å². The Kier molecular flexibility index (Phi) is 4.05. The van der Waals surface area contributed by atoms with Gasteiger partial charge in [0.15, 0.2) is 0 Å². The first-order valence-electron chi connectivity index (χ1n) is 5.70. The van der Waals surface area contributed by atoms with Crippen molar-refractivity contribution in [2.24, 2.45) is 0 Å². The van der Waals surface area contributed by atoms with Crippen LogP contribution < -0.4 is 10.6 Å². The standard InChI is InChI=1S/C13H11ClFN3O2/c1-16-11-3-2-4-12(13(11)18(19)20)17-10-6-5-8(14)7-9(10)15/h2-7,16-17H,1H3. The van der Waals surface area contributed by atoms with E-state index in [-0.39, 0.29) is 22.1 Å². The molecule has 104 valence electrons. The second kappa shape index (κ2) is 5.75. The Morgan fingerprint density at radius 3 is 2.50 bits per heavy atom. The van der Waals surface area contributed by atoms with E-state index in [4.69, 9.17) is 11.6 Å². The van der Waals surface area contributed by atoms with Gasteiger partial charge in [-0.1, -0.05) is 17.7 Å². The summed E-state index contributed by atoms with van der Waals surface area (Å²) in [5.74, 6) is -0.582. The summed E-state index contributed by atoms with van der Waals surface area (Å²) in [4.78, 5) is 10.6. The highest BCUT2D eigenvalue weighted by atomic mass is 35.5. The number of benzene rings is 2. The summed E-state index contributed by atoms with van der Waals surface area (Å²) in [6.07, 6.45) is 0. The molecule has 2 aromatic rings. The third-order valence-electron chi connectivity index (χ3n) is 2.69. The van der Waals surface area contributed by atoms with Crippen molar-refractivity contribution in [1.29, 1.82) is 0 Å². The molecule has 20 heavy (non-hydrogen) atoms. The molecule has 0 spiro atoms. The normalized spacial score (nSPS) is 10.2. The summed E-state index contributed by atoms with van der Waals surface area (Å²) in [6, 6.07) is 8.77. The maximum atomic E-state index is 13.7. The number of rotatable bonds is 4. The van der Waals surface area contributed by atoms with Crippen molar-refractivity contribution < 1.29 is 9.31 Å². The lowest BCUT2D eigenvalue weighted by Gasteiger charge is -2.10. The van der Waals surface area contributed by atoms with Gasteiger partial charge in [-0.15, -0.1) is 0 Å². The molecule has 7 heteroatoms. The maximum absolute atomic E-state index is 13.7. The molecule has 2 N–H and O–H groups in total. The van der Waals surface area contributed by atoms with E-state index in [0.29, 0.717) is 5.69 Å². The molecule has 0 aromatic heterocycles. The summed E-state index contributed by atoms with van der Waals surface area (Å²) in [7, 11) is 1.58. The predicted molar refractivity (Wildman–Crippen MR) is 77.3 cm³/mol. The van der Waals surface area contributed by atoms with Crippen molar-refractivity contribution >= 4 is 34.4 Å². The number of para-hydroxylation sites is 1. The maximum Gasteiger partial charge on any atom is 0.315 e. The zero-order valence-electron chi connectivity index (χ0n) is 10.5. The first-order chi connectivity index (χ1) is 9.52. The van der Waals surface area contributed by atoms with Crippen LogP contribution in [0.3, 0.4) is 0 Å². The second-order valence-electron chi connectivity index (χ2n) is 3.96. The molecule has 0 heterocycles. The van der Waals surface area contributed by atoms with E-state index in [1.807, 2.05) is 0 Å². The highest BCUT2D eigenvalue weighted by Crippen LogP contribution is 2.35. The zero-order chi connectivity index (χ0) is 14.7. The van der Waals surface area contributed by atoms with Crippen molar-refractivity contribution in [1.82, 2.24) is 0 Å². The molecule has 0 saturated carbocycles. The molecule has 5 nitrogen and oxygen atoms in total. The van der Waals surface area contributed by atoms with Crippen LogP contribution in [0.15, 0.2) is 36.4 Å². The van der Waals surface area contributed by atoms with Gasteiger partial charge >= 0.3 is 5.69 Å². The van der Waals surface area contributed by atoms with E-state index in [1.54, 1.807) is 19.2 Å². The third kappa shape index (κ3) is 2.80. The van der Waals surface area contributed by atoms with Crippen LogP contribution in [0.5, 0.6) is 0 Å². The van der Waals surface area contributed by atoms with Gasteiger partial charge in [-0.2, -0.15) is 0 Å². The van der Waals surface area contributed by atoms with Gasteiger partial charge in [0.2, 0.25) is 0 Å². The van der Waals surface area contributed by atoms with Gasteiger partial charge in [0.25, 0.3) is 0 Å². The minimum absolute atomic E-state index is 0.116. The summed E-state index contributed by atoms with van der Waals surface area (Å²) < 4.78 is 13.7. The lowest BCUT2D eigenvalue weighted by atomic mass is 10.2. The van der Waals surface area contributed by atoms with Crippen molar-refractivity contribution in [3.05, 3.63) is 57.4 Å². The Morgan fingerprint density at radius 2 is 1.90 bits per heavy atom. The Hall–Kier alpha value is -2.34. The predicted octanol–water partition coefficient (Wildman–Crippen LogP) is 4.17. The van der Waals surface area contributed by atoms with Gasteiger partial charge in [0.1, 0.15) is 17.2 Å². The van der Waals surface area contributed by atoms with Crippen LogP contribution in [0, 0.1) is 15.9 Å². The van der Waals surface area contributed by atoms with Gasteiger partial charge in [0.05, 0.1) is 10.6 Å². The van der Waals surface area contributed by atoms with E-state index in [1.165, 1.54) is 18.2 Å². The number of nitrogens with zero attached hydrogens (tertiary/aromatic N) is 1. The molecule has 0 radical (unpaired) electrons. The van der Waals surface area contributed by atoms with Gasteiger partial charge in [0, 0.05) is 12.1 Å². The first kappa shape index (κ1) is 14.1. The third-order valence-corrected chi connectivity index (χ3v) is 2.92. The van der Waals surface area contributed by atoms with Crippen molar-refractivity contribution in [3.63, 3.8) is 0 Å². The van der Waals surface area contributed by atoms with Crippen LogP contribution in [-0.2, 0) is 0 Å². The fourth-order valence-corrected chi connectivity index (χ4v) is 1.94. The summed E-state index contributed by atoms with van der Waals surface area (Å²) >= 11 is 5.66. The summed E-state index contributed by atoms with van der Waals surface area (Å²) in [6.45, 7) is 0. The molecule has 0 aliphatic rings. The molecular formula is C13H11ClFN3O2. The van der Waals surface area contributed by atoms with E-state index in [9.17, 15) is 14.5 Å². The number of nitrogens with one attached hydrogen (secondary N) is 2. The van der Waals surface area contributed by atoms with Crippen LogP contribution in [0.25, 0.3) is 0 Å². The Bertz CT molecular complexity index is 664. The number of hydrogen-bond acceptors (Lipinski definition) is 4. The number of nitro benzene ring substituents is 1. The van der Waals surface area contributed by atoms with E-state index in [2.05, 4.69) is 10.6 Å². The molecule has 0 saturated heterocycles. The number of halogens is 2. The van der Waals surface area contributed by atoms with Gasteiger partial charge in [-0.25, -0.2) is 4.39 Å². The molecule has 2 aromatic carbocycles. The van der Waals surface area contributed by atoms with Crippen LogP contribution >= 0.6 is 11.6 Å². The fourth-order valence-electron chi connectivity index (χ4n) is 1.78. The summed E-state index contributed by atoms with van der Waals surface area (Å²) in [5, 5.41) is 16.8. The smallest absolute Gasteiger partial charge is 0.315 e. The molecule has 0 atom stereocenters. The minimum Gasteiger partial charge on any atom is -0.382 e. The average Bonchev–Trinajstić information content (AvgIpc) is 2.41. The van der Waals surface area contributed by atoms with Crippen LogP contribution in [0.2, 0.25) is 5.02 Å². The molecule has 0 fully saturated rings. The average molecular weight is 296 g/mol. The monoisotopic (exact) mass is 295 g/mol.